The Kier molecular flexibility index (Phi) is 5.33. The molecule has 0 saturated heterocycles. The van der Waals surface area contributed by atoms with Crippen molar-refractivity contribution in [3.05, 3.63) is 66.6 Å². The lowest BCUT2D eigenvalue weighted by molar-refractivity contribution is 0.355. The first-order valence-corrected chi connectivity index (χ1v) is 8.92. The van der Waals surface area contributed by atoms with Crippen LogP contribution in [-0.2, 0) is 6.54 Å². The van der Waals surface area contributed by atoms with Crippen LogP contribution in [0.1, 0.15) is 5.56 Å². The average Bonchev–Trinajstić information content (AvgIpc) is 3.28. The highest BCUT2D eigenvalue weighted by molar-refractivity contribution is 5.69. The Morgan fingerprint density at radius 2 is 1.86 bits per heavy atom. The van der Waals surface area contributed by atoms with Crippen LogP contribution in [0.4, 0.5) is 5.82 Å². The van der Waals surface area contributed by atoms with Crippen molar-refractivity contribution in [3.8, 4) is 34.3 Å². The topological polar surface area (TPSA) is 95.2 Å². The van der Waals surface area contributed by atoms with Gasteiger partial charge in [-0.3, -0.25) is 4.98 Å². The van der Waals surface area contributed by atoms with E-state index in [1.165, 1.54) is 0 Å². The second kappa shape index (κ2) is 8.39. The summed E-state index contributed by atoms with van der Waals surface area (Å²) in [6, 6.07) is 13.2. The van der Waals surface area contributed by atoms with Gasteiger partial charge in [0.15, 0.2) is 11.5 Å². The van der Waals surface area contributed by atoms with Crippen molar-refractivity contribution in [1.82, 2.24) is 20.1 Å². The van der Waals surface area contributed by atoms with Gasteiger partial charge in [-0.05, 0) is 42.0 Å². The van der Waals surface area contributed by atoms with Crippen LogP contribution in [0.2, 0.25) is 0 Å². The van der Waals surface area contributed by atoms with Crippen LogP contribution in [0.15, 0.2) is 65.6 Å². The number of anilines is 1. The van der Waals surface area contributed by atoms with E-state index in [0.29, 0.717) is 35.3 Å². The van der Waals surface area contributed by atoms with E-state index in [2.05, 4.69) is 25.4 Å². The average molecular weight is 389 g/mol. The summed E-state index contributed by atoms with van der Waals surface area (Å²) in [6.07, 6.45) is 5.21. The van der Waals surface area contributed by atoms with Gasteiger partial charge >= 0.3 is 0 Å². The summed E-state index contributed by atoms with van der Waals surface area (Å²) in [5.74, 6) is 2.69. The van der Waals surface area contributed by atoms with Crippen LogP contribution >= 0.6 is 0 Å². The van der Waals surface area contributed by atoms with Gasteiger partial charge in [-0.15, -0.1) is 0 Å². The Balaban J connectivity index is 1.51. The Morgan fingerprint density at radius 1 is 1.00 bits per heavy atom. The zero-order valence-electron chi connectivity index (χ0n) is 16.0. The van der Waals surface area contributed by atoms with Crippen LogP contribution in [0, 0.1) is 0 Å². The molecule has 8 heteroatoms. The molecule has 1 aromatic carbocycles. The molecule has 3 heterocycles. The Morgan fingerprint density at radius 3 is 2.59 bits per heavy atom. The predicted octanol–water partition coefficient (Wildman–Crippen LogP) is 3.82. The molecule has 0 spiro atoms. The largest absolute Gasteiger partial charge is 0.493 e. The van der Waals surface area contributed by atoms with Gasteiger partial charge in [0.05, 0.1) is 25.3 Å². The maximum Gasteiger partial charge on any atom is 0.259 e. The van der Waals surface area contributed by atoms with E-state index >= 15 is 0 Å². The summed E-state index contributed by atoms with van der Waals surface area (Å²) >= 11 is 0. The molecule has 146 valence electrons. The smallest absolute Gasteiger partial charge is 0.259 e. The van der Waals surface area contributed by atoms with Gasteiger partial charge in [0, 0.05) is 25.1 Å². The van der Waals surface area contributed by atoms with E-state index in [4.69, 9.17) is 14.0 Å². The third-order valence-electron chi connectivity index (χ3n) is 4.30. The molecule has 0 amide bonds. The molecule has 1 N–H and O–H groups in total. The van der Waals surface area contributed by atoms with Gasteiger partial charge < -0.3 is 19.3 Å². The maximum absolute atomic E-state index is 5.44. The molecule has 0 atom stereocenters. The molecular formula is C21H19N5O3. The SMILES string of the molecule is COc1cccc(-c2noc(-c3ccc(NCc4ccncc4)nc3)n2)c1OC. The standard InChI is InChI=1S/C21H19N5O3/c1-27-17-5-3-4-16(19(17)28-2)20-25-21(29-26-20)15-6-7-18(24-13-15)23-12-14-8-10-22-11-9-14/h3-11,13H,12H2,1-2H3,(H,23,24). The highest BCUT2D eigenvalue weighted by atomic mass is 16.5. The molecule has 0 saturated carbocycles. The fraction of sp³-hybridized carbons (Fsp3) is 0.143. The highest BCUT2D eigenvalue weighted by Gasteiger charge is 2.17. The van der Waals surface area contributed by atoms with Crippen LogP contribution in [0.25, 0.3) is 22.8 Å². The molecule has 0 fully saturated rings. The van der Waals surface area contributed by atoms with E-state index in [-0.39, 0.29) is 0 Å². The number of aromatic nitrogens is 4. The van der Waals surface area contributed by atoms with Gasteiger partial charge in [0.1, 0.15) is 5.82 Å². The van der Waals surface area contributed by atoms with E-state index in [1.807, 2.05) is 42.5 Å². The molecule has 0 bridgehead atoms. The summed E-state index contributed by atoms with van der Waals surface area (Å²) in [5, 5.41) is 7.34. The zero-order chi connectivity index (χ0) is 20.1. The van der Waals surface area contributed by atoms with Crippen molar-refractivity contribution in [3.63, 3.8) is 0 Å². The minimum atomic E-state index is 0.373. The molecule has 0 unspecified atom stereocenters. The first-order valence-electron chi connectivity index (χ1n) is 8.92. The molecule has 0 aliphatic rings. The van der Waals surface area contributed by atoms with Crippen LogP contribution in [0.3, 0.4) is 0 Å². The summed E-state index contributed by atoms with van der Waals surface area (Å²) in [6.45, 7) is 0.662. The number of pyridine rings is 2. The molecule has 4 aromatic rings. The molecule has 0 aliphatic heterocycles. The van der Waals surface area contributed by atoms with Crippen LogP contribution in [0.5, 0.6) is 11.5 Å². The van der Waals surface area contributed by atoms with E-state index in [1.54, 1.807) is 32.8 Å². The maximum atomic E-state index is 5.44. The molecule has 0 radical (unpaired) electrons. The Bertz CT molecular complexity index is 1080. The molecule has 0 aliphatic carbocycles. The van der Waals surface area contributed by atoms with Crippen molar-refractivity contribution in [2.75, 3.05) is 19.5 Å². The van der Waals surface area contributed by atoms with Crippen molar-refractivity contribution < 1.29 is 14.0 Å². The van der Waals surface area contributed by atoms with Gasteiger partial charge in [-0.1, -0.05) is 11.2 Å². The summed E-state index contributed by atoms with van der Waals surface area (Å²) in [5.41, 5.74) is 2.53. The molecular weight excluding hydrogens is 370 g/mol. The molecule has 29 heavy (non-hydrogen) atoms. The third kappa shape index (κ3) is 4.01. The number of nitrogens with zero attached hydrogens (tertiary/aromatic N) is 4. The number of benzene rings is 1. The number of ether oxygens (including phenoxy) is 2. The minimum Gasteiger partial charge on any atom is -0.493 e. The fourth-order valence-corrected chi connectivity index (χ4v) is 2.83. The zero-order valence-corrected chi connectivity index (χ0v) is 16.0. The fourth-order valence-electron chi connectivity index (χ4n) is 2.83. The Labute approximate surface area is 167 Å². The first-order chi connectivity index (χ1) is 14.3. The monoisotopic (exact) mass is 389 g/mol. The molecule has 3 aromatic heterocycles. The third-order valence-corrected chi connectivity index (χ3v) is 4.30. The molecule has 4 rings (SSSR count). The first kappa shape index (κ1) is 18.4. The minimum absolute atomic E-state index is 0.373. The number of hydrogen-bond acceptors (Lipinski definition) is 8. The quantitative estimate of drug-likeness (QED) is 0.510. The number of methoxy groups -OCH3 is 2. The lowest BCUT2D eigenvalue weighted by Crippen LogP contribution is -2.01. The summed E-state index contributed by atoms with van der Waals surface area (Å²) in [7, 11) is 3.16. The van der Waals surface area contributed by atoms with E-state index in [0.717, 1.165) is 16.9 Å². The normalized spacial score (nSPS) is 10.6. The van der Waals surface area contributed by atoms with Gasteiger partial charge in [0.2, 0.25) is 5.82 Å². The predicted molar refractivity (Wildman–Crippen MR) is 108 cm³/mol. The number of rotatable bonds is 7. The second-order valence-electron chi connectivity index (χ2n) is 6.11. The summed E-state index contributed by atoms with van der Waals surface area (Å²) in [4.78, 5) is 12.9. The van der Waals surface area contributed by atoms with Crippen molar-refractivity contribution in [1.29, 1.82) is 0 Å². The van der Waals surface area contributed by atoms with Gasteiger partial charge in [-0.2, -0.15) is 4.98 Å². The lowest BCUT2D eigenvalue weighted by Gasteiger charge is -2.09. The lowest BCUT2D eigenvalue weighted by atomic mass is 10.1. The Hall–Kier alpha value is -3.94. The molecule has 8 nitrogen and oxygen atoms in total. The van der Waals surface area contributed by atoms with Crippen molar-refractivity contribution in [2.45, 2.75) is 6.54 Å². The number of hydrogen-bond donors (Lipinski definition) is 1. The summed E-state index contributed by atoms with van der Waals surface area (Å²) < 4.78 is 16.2. The van der Waals surface area contributed by atoms with Gasteiger partial charge in [0.25, 0.3) is 5.89 Å². The number of nitrogens with one attached hydrogen (secondary N) is 1. The van der Waals surface area contributed by atoms with Crippen molar-refractivity contribution >= 4 is 5.82 Å². The van der Waals surface area contributed by atoms with Crippen molar-refractivity contribution in [2.24, 2.45) is 0 Å². The van der Waals surface area contributed by atoms with Gasteiger partial charge in [-0.25, -0.2) is 4.98 Å². The number of para-hydroxylation sites is 1. The second-order valence-corrected chi connectivity index (χ2v) is 6.11. The van der Waals surface area contributed by atoms with Crippen LogP contribution in [-0.4, -0.2) is 34.3 Å². The van der Waals surface area contributed by atoms with Crippen LogP contribution < -0.4 is 14.8 Å². The van der Waals surface area contributed by atoms with E-state index in [9.17, 15) is 0 Å². The highest BCUT2D eigenvalue weighted by Crippen LogP contribution is 2.37. The van der Waals surface area contributed by atoms with E-state index < -0.39 is 0 Å².